The van der Waals surface area contributed by atoms with E-state index in [0.717, 1.165) is 0 Å². The van der Waals surface area contributed by atoms with Crippen molar-refractivity contribution in [1.29, 1.82) is 0 Å². The predicted molar refractivity (Wildman–Crippen MR) is 112 cm³/mol. The van der Waals surface area contributed by atoms with Crippen LogP contribution in [-0.4, -0.2) is 72.3 Å². The molecule has 0 radical (unpaired) electrons. The van der Waals surface area contributed by atoms with Crippen LogP contribution in [0.5, 0.6) is 0 Å². The maximum atomic E-state index is 13.1. The van der Waals surface area contributed by atoms with Gasteiger partial charge in [-0.3, -0.25) is 14.4 Å². The van der Waals surface area contributed by atoms with Gasteiger partial charge in [-0.15, -0.1) is 0 Å². The van der Waals surface area contributed by atoms with Gasteiger partial charge in [-0.1, -0.05) is 30.3 Å². The van der Waals surface area contributed by atoms with Crippen molar-refractivity contribution >= 4 is 23.9 Å². The molecule has 0 saturated carbocycles. The van der Waals surface area contributed by atoms with Gasteiger partial charge >= 0.3 is 12.1 Å². The summed E-state index contributed by atoms with van der Waals surface area (Å²) in [6, 6.07) is 6.06. The maximum absolute atomic E-state index is 13.1. The van der Waals surface area contributed by atoms with Gasteiger partial charge < -0.3 is 30.1 Å². The van der Waals surface area contributed by atoms with Gasteiger partial charge in [0.25, 0.3) is 0 Å². The lowest BCUT2D eigenvalue weighted by Crippen LogP contribution is -2.54. The average molecular weight is 437 g/mol. The van der Waals surface area contributed by atoms with Crippen LogP contribution in [0.15, 0.2) is 30.3 Å². The van der Waals surface area contributed by atoms with Gasteiger partial charge in [0.1, 0.15) is 24.2 Å². The molecule has 1 aromatic rings. The van der Waals surface area contributed by atoms with Crippen molar-refractivity contribution < 1.29 is 33.8 Å². The smallest absolute Gasteiger partial charge is 0.408 e. The van der Waals surface area contributed by atoms with E-state index in [1.807, 2.05) is 0 Å². The number of esters is 1. The number of benzene rings is 1. The highest BCUT2D eigenvalue weighted by molar-refractivity contribution is 5.93. The summed E-state index contributed by atoms with van der Waals surface area (Å²) in [6.45, 7) is 5.68. The summed E-state index contributed by atoms with van der Waals surface area (Å²) in [5, 5.41) is 14.5. The van der Waals surface area contributed by atoms with Crippen molar-refractivity contribution in [3.8, 4) is 0 Å². The van der Waals surface area contributed by atoms with E-state index in [-0.39, 0.29) is 13.1 Å². The summed E-state index contributed by atoms with van der Waals surface area (Å²) < 4.78 is 9.67. The van der Waals surface area contributed by atoms with E-state index in [1.165, 1.54) is 12.0 Å². The molecular weight excluding hydrogens is 406 g/mol. The molecule has 1 rings (SSSR count). The molecule has 0 aromatic heterocycles. The fourth-order valence-electron chi connectivity index (χ4n) is 2.74. The SMILES string of the molecule is CCN(C(=O)C(CO)NC(=O)OC(C)(C)C)C(C(=O)NCC(=O)OC)c1ccccc1. The number of hydrogen-bond acceptors (Lipinski definition) is 7. The van der Waals surface area contributed by atoms with Gasteiger partial charge in [-0.05, 0) is 33.3 Å². The first kappa shape index (κ1) is 25.9. The van der Waals surface area contributed by atoms with Crippen molar-refractivity contribution in [3.63, 3.8) is 0 Å². The zero-order chi connectivity index (χ0) is 23.6. The van der Waals surface area contributed by atoms with Gasteiger partial charge in [0, 0.05) is 6.54 Å². The molecule has 0 aliphatic rings. The number of methoxy groups -OCH3 is 1. The Morgan fingerprint density at radius 1 is 1.13 bits per heavy atom. The Morgan fingerprint density at radius 2 is 1.74 bits per heavy atom. The molecule has 0 bridgehead atoms. The van der Waals surface area contributed by atoms with Crippen molar-refractivity contribution in [3.05, 3.63) is 35.9 Å². The molecule has 0 heterocycles. The van der Waals surface area contributed by atoms with E-state index in [1.54, 1.807) is 58.0 Å². The summed E-state index contributed by atoms with van der Waals surface area (Å²) in [5.74, 6) is -1.94. The van der Waals surface area contributed by atoms with Crippen molar-refractivity contribution in [2.45, 2.75) is 45.4 Å². The third kappa shape index (κ3) is 8.25. The van der Waals surface area contributed by atoms with Crippen LogP contribution in [0.3, 0.4) is 0 Å². The molecule has 31 heavy (non-hydrogen) atoms. The number of alkyl carbamates (subject to hydrolysis) is 1. The molecule has 10 heteroatoms. The largest absolute Gasteiger partial charge is 0.468 e. The van der Waals surface area contributed by atoms with Crippen LogP contribution in [0.25, 0.3) is 0 Å². The summed E-state index contributed by atoms with van der Waals surface area (Å²) in [4.78, 5) is 50.8. The van der Waals surface area contributed by atoms with Gasteiger partial charge in [-0.2, -0.15) is 0 Å². The minimum absolute atomic E-state index is 0.0938. The summed E-state index contributed by atoms with van der Waals surface area (Å²) in [5.41, 5.74) is -0.299. The van der Waals surface area contributed by atoms with Gasteiger partial charge in [0.15, 0.2) is 0 Å². The summed E-state index contributed by atoms with van der Waals surface area (Å²) in [7, 11) is 1.19. The third-order valence-electron chi connectivity index (χ3n) is 4.11. The number of nitrogens with one attached hydrogen (secondary N) is 2. The van der Waals surface area contributed by atoms with Crippen LogP contribution < -0.4 is 10.6 Å². The summed E-state index contributed by atoms with van der Waals surface area (Å²) in [6.07, 6.45) is -0.873. The number of aliphatic hydroxyl groups excluding tert-OH is 1. The topological polar surface area (TPSA) is 134 Å². The fraction of sp³-hybridized carbons (Fsp3) is 0.524. The molecule has 3 N–H and O–H groups in total. The zero-order valence-electron chi connectivity index (χ0n) is 18.5. The van der Waals surface area contributed by atoms with Gasteiger partial charge in [-0.25, -0.2) is 4.79 Å². The Labute approximate surface area is 181 Å². The van der Waals surface area contributed by atoms with E-state index in [4.69, 9.17) is 4.74 Å². The van der Waals surface area contributed by atoms with E-state index < -0.39 is 48.2 Å². The molecule has 2 unspecified atom stereocenters. The van der Waals surface area contributed by atoms with E-state index >= 15 is 0 Å². The Morgan fingerprint density at radius 3 is 2.23 bits per heavy atom. The molecule has 2 atom stereocenters. The number of hydrogen-bond donors (Lipinski definition) is 3. The molecule has 10 nitrogen and oxygen atoms in total. The Bertz CT molecular complexity index is 762. The first-order chi connectivity index (χ1) is 14.5. The second-order valence-electron chi connectivity index (χ2n) is 7.61. The first-order valence-corrected chi connectivity index (χ1v) is 9.84. The van der Waals surface area contributed by atoms with Crippen LogP contribution in [0, 0.1) is 0 Å². The number of rotatable bonds is 9. The number of carbonyl (C=O) groups excluding carboxylic acids is 4. The molecule has 0 saturated heterocycles. The second-order valence-corrected chi connectivity index (χ2v) is 7.61. The molecule has 172 valence electrons. The standard InChI is InChI=1S/C21H31N3O7/c1-6-24(19(28)15(13-25)23-20(29)31-21(2,3)4)17(14-10-8-7-9-11-14)18(27)22-12-16(26)30-5/h7-11,15,17,25H,6,12-13H2,1-5H3,(H,22,27)(H,23,29). The molecule has 0 spiro atoms. The quantitative estimate of drug-likeness (QED) is 0.485. The summed E-state index contributed by atoms with van der Waals surface area (Å²) >= 11 is 0. The van der Waals surface area contributed by atoms with Crippen LogP contribution in [0.2, 0.25) is 0 Å². The van der Waals surface area contributed by atoms with Crippen LogP contribution >= 0.6 is 0 Å². The highest BCUT2D eigenvalue weighted by atomic mass is 16.6. The molecule has 3 amide bonds. The normalized spacial score (nSPS) is 12.8. The lowest BCUT2D eigenvalue weighted by molar-refractivity contribution is -0.145. The number of nitrogens with zero attached hydrogens (tertiary/aromatic N) is 1. The highest BCUT2D eigenvalue weighted by Crippen LogP contribution is 2.22. The molecular formula is C21H31N3O7. The van der Waals surface area contributed by atoms with Crippen molar-refractivity contribution in [1.82, 2.24) is 15.5 Å². The third-order valence-corrected chi connectivity index (χ3v) is 4.11. The molecule has 0 fully saturated rings. The minimum atomic E-state index is -1.32. The van der Waals surface area contributed by atoms with Crippen molar-refractivity contribution in [2.75, 3.05) is 26.8 Å². The molecule has 0 aliphatic carbocycles. The fourth-order valence-corrected chi connectivity index (χ4v) is 2.74. The van der Waals surface area contributed by atoms with E-state index in [0.29, 0.717) is 5.56 Å². The van der Waals surface area contributed by atoms with E-state index in [9.17, 15) is 24.3 Å². The Balaban J connectivity index is 3.15. The highest BCUT2D eigenvalue weighted by Gasteiger charge is 2.35. The number of aliphatic hydroxyl groups is 1. The van der Waals surface area contributed by atoms with Crippen molar-refractivity contribution in [2.24, 2.45) is 0 Å². The van der Waals surface area contributed by atoms with E-state index in [2.05, 4.69) is 15.4 Å². The lowest BCUT2D eigenvalue weighted by atomic mass is 10.0. The van der Waals surface area contributed by atoms with Gasteiger partial charge in [0.2, 0.25) is 11.8 Å². The first-order valence-electron chi connectivity index (χ1n) is 9.84. The molecule has 1 aromatic carbocycles. The monoisotopic (exact) mass is 437 g/mol. The molecule has 0 aliphatic heterocycles. The lowest BCUT2D eigenvalue weighted by Gasteiger charge is -2.33. The average Bonchev–Trinajstić information content (AvgIpc) is 2.72. The zero-order valence-corrected chi connectivity index (χ0v) is 18.5. The van der Waals surface area contributed by atoms with Crippen LogP contribution in [0.1, 0.15) is 39.3 Å². The van der Waals surface area contributed by atoms with Gasteiger partial charge in [0.05, 0.1) is 13.7 Å². The number of ether oxygens (including phenoxy) is 2. The maximum Gasteiger partial charge on any atom is 0.408 e. The Kier molecular flexibility index (Phi) is 9.94. The predicted octanol–water partition coefficient (Wildman–Crippen LogP) is 0.751. The van der Waals surface area contributed by atoms with Crippen LogP contribution in [0.4, 0.5) is 4.79 Å². The second kappa shape index (κ2) is 11.9. The van der Waals surface area contributed by atoms with Crippen LogP contribution in [-0.2, 0) is 23.9 Å². The number of carbonyl (C=O) groups is 4. The number of amides is 3. The Hall–Kier alpha value is -3.14. The minimum Gasteiger partial charge on any atom is -0.468 e. The number of likely N-dealkylation sites (N-methyl/N-ethyl adjacent to an activating group) is 1.